The Bertz CT molecular complexity index is 880. The highest BCUT2D eigenvalue weighted by Gasteiger charge is 2.23. The maximum Gasteiger partial charge on any atom is 0.281 e. The minimum Gasteiger partial charge on any atom is -0.286 e. The molecule has 0 radical (unpaired) electrons. The average molecular weight is 350 g/mol. The van der Waals surface area contributed by atoms with Crippen LogP contribution in [0.4, 0.5) is 5.13 Å². The van der Waals surface area contributed by atoms with Gasteiger partial charge in [0.05, 0.1) is 22.0 Å². The number of hydrogen-bond acceptors (Lipinski definition) is 5. The van der Waals surface area contributed by atoms with Crippen LogP contribution in [-0.4, -0.2) is 32.9 Å². The topological polar surface area (TPSA) is 63.9 Å². The molecule has 0 saturated heterocycles. The molecule has 0 aliphatic heterocycles. The Labute approximate surface area is 142 Å². The maximum absolute atomic E-state index is 12.6. The summed E-state index contributed by atoms with van der Waals surface area (Å²) in [5.41, 5.74) is 0.878. The van der Waals surface area contributed by atoms with Crippen molar-refractivity contribution in [1.82, 2.24) is 20.0 Å². The monoisotopic (exact) mass is 349 g/mol. The number of amides is 1. The number of fused-ring (bicyclic) bond motifs is 1. The van der Waals surface area contributed by atoms with Gasteiger partial charge in [0.1, 0.15) is 0 Å². The van der Waals surface area contributed by atoms with Crippen LogP contribution in [0.25, 0.3) is 10.2 Å². The largest absolute Gasteiger partial charge is 0.286 e. The molecular formula is C15H16ClN5OS. The van der Waals surface area contributed by atoms with Gasteiger partial charge in [-0.3, -0.25) is 9.69 Å². The summed E-state index contributed by atoms with van der Waals surface area (Å²) in [5.74, 6) is -0.245. The molecule has 0 atom stereocenters. The normalized spacial score (nSPS) is 11.9. The lowest BCUT2D eigenvalue weighted by molar-refractivity contribution is 0.0988. The minimum atomic E-state index is -0.245. The lowest BCUT2D eigenvalue weighted by atomic mass is 10.1. The number of nitrogens with zero attached hydrogens (tertiary/aromatic N) is 5. The zero-order chi connectivity index (χ0) is 16.8. The van der Waals surface area contributed by atoms with E-state index in [2.05, 4.69) is 15.3 Å². The van der Waals surface area contributed by atoms with Crippen molar-refractivity contribution in [3.05, 3.63) is 35.1 Å². The summed E-state index contributed by atoms with van der Waals surface area (Å²) in [6, 6.07) is 5.46. The molecule has 2 aromatic heterocycles. The van der Waals surface area contributed by atoms with Crippen molar-refractivity contribution in [2.45, 2.75) is 26.3 Å². The molecule has 8 heteroatoms. The van der Waals surface area contributed by atoms with Gasteiger partial charge in [-0.1, -0.05) is 28.2 Å². The van der Waals surface area contributed by atoms with Gasteiger partial charge in [-0.2, -0.15) is 0 Å². The van der Waals surface area contributed by atoms with Crippen molar-refractivity contribution in [2.24, 2.45) is 0 Å². The van der Waals surface area contributed by atoms with Crippen LogP contribution in [-0.2, 0) is 5.54 Å². The van der Waals surface area contributed by atoms with Crippen LogP contribution in [0.15, 0.2) is 24.4 Å². The Kier molecular flexibility index (Phi) is 3.85. The molecule has 23 heavy (non-hydrogen) atoms. The molecule has 0 aliphatic carbocycles. The molecule has 3 aromatic rings. The van der Waals surface area contributed by atoms with Crippen molar-refractivity contribution < 1.29 is 4.79 Å². The Balaban J connectivity index is 1.90. The van der Waals surface area contributed by atoms with E-state index in [0.29, 0.717) is 15.8 Å². The maximum atomic E-state index is 12.6. The van der Waals surface area contributed by atoms with Crippen molar-refractivity contribution >= 4 is 44.2 Å². The molecule has 6 nitrogen and oxygen atoms in total. The van der Waals surface area contributed by atoms with Gasteiger partial charge in [0.25, 0.3) is 5.91 Å². The van der Waals surface area contributed by atoms with Gasteiger partial charge in [-0.25, -0.2) is 9.67 Å². The van der Waals surface area contributed by atoms with Gasteiger partial charge in [0.2, 0.25) is 0 Å². The molecule has 1 aromatic carbocycles. The second kappa shape index (κ2) is 5.58. The molecule has 1 amide bonds. The Morgan fingerprint density at radius 2 is 2.09 bits per heavy atom. The van der Waals surface area contributed by atoms with E-state index < -0.39 is 0 Å². The molecule has 0 aliphatic rings. The third-order valence-electron chi connectivity index (χ3n) is 3.33. The highest BCUT2D eigenvalue weighted by molar-refractivity contribution is 7.22. The summed E-state index contributed by atoms with van der Waals surface area (Å²) in [7, 11) is 1.68. The first-order chi connectivity index (χ1) is 10.8. The van der Waals surface area contributed by atoms with Crippen LogP contribution < -0.4 is 4.90 Å². The molecule has 0 saturated carbocycles. The second-order valence-corrected chi connectivity index (χ2v) is 7.64. The van der Waals surface area contributed by atoms with E-state index in [-0.39, 0.29) is 11.4 Å². The fourth-order valence-electron chi connectivity index (χ4n) is 1.98. The molecule has 0 bridgehead atoms. The number of rotatable bonds is 2. The predicted molar refractivity (Wildman–Crippen MR) is 92.4 cm³/mol. The van der Waals surface area contributed by atoms with Crippen LogP contribution in [0, 0.1) is 0 Å². The van der Waals surface area contributed by atoms with Crippen LogP contribution in [0.2, 0.25) is 5.02 Å². The molecule has 2 heterocycles. The fourth-order valence-corrected chi connectivity index (χ4v) is 3.18. The first-order valence-electron chi connectivity index (χ1n) is 7.03. The first-order valence-corrected chi connectivity index (χ1v) is 8.22. The zero-order valence-corrected chi connectivity index (χ0v) is 14.8. The van der Waals surface area contributed by atoms with Crippen LogP contribution >= 0.6 is 22.9 Å². The quantitative estimate of drug-likeness (QED) is 0.709. The lowest BCUT2D eigenvalue weighted by Gasteiger charge is -2.17. The number of anilines is 1. The summed E-state index contributed by atoms with van der Waals surface area (Å²) >= 11 is 7.40. The summed E-state index contributed by atoms with van der Waals surface area (Å²) in [5, 5.41) is 9.24. The fraction of sp³-hybridized carbons (Fsp3) is 0.333. The Morgan fingerprint density at radius 3 is 2.74 bits per heavy atom. The minimum absolute atomic E-state index is 0.225. The number of hydrogen-bond donors (Lipinski definition) is 0. The van der Waals surface area contributed by atoms with Crippen molar-refractivity contribution in [2.75, 3.05) is 11.9 Å². The summed E-state index contributed by atoms with van der Waals surface area (Å²) in [6.45, 7) is 5.99. The average Bonchev–Trinajstić information content (AvgIpc) is 3.11. The molecule has 0 fully saturated rings. The van der Waals surface area contributed by atoms with E-state index in [1.54, 1.807) is 24.0 Å². The standard InChI is InChI=1S/C15H16ClN5OS/c1-15(2,3)21-8-11(18-19-21)13(22)20(4)14-17-10-6-5-9(16)7-12(10)23-14/h5-8H,1-4H3. The highest BCUT2D eigenvalue weighted by atomic mass is 35.5. The molecule has 0 spiro atoms. The van der Waals surface area contributed by atoms with E-state index in [1.807, 2.05) is 32.9 Å². The van der Waals surface area contributed by atoms with E-state index >= 15 is 0 Å². The number of carbonyl (C=O) groups is 1. The van der Waals surface area contributed by atoms with Gasteiger partial charge < -0.3 is 0 Å². The van der Waals surface area contributed by atoms with Gasteiger partial charge >= 0.3 is 0 Å². The van der Waals surface area contributed by atoms with Crippen molar-refractivity contribution in [1.29, 1.82) is 0 Å². The number of benzene rings is 1. The van der Waals surface area contributed by atoms with Crippen LogP contribution in [0.1, 0.15) is 31.3 Å². The van der Waals surface area contributed by atoms with Crippen LogP contribution in [0.5, 0.6) is 0 Å². The first kappa shape index (κ1) is 15.9. The third kappa shape index (κ3) is 3.07. The smallest absolute Gasteiger partial charge is 0.281 e. The van der Waals surface area contributed by atoms with Gasteiger partial charge in [0.15, 0.2) is 10.8 Å². The SMILES string of the molecule is CN(C(=O)c1cn(C(C)(C)C)nn1)c1nc2ccc(Cl)cc2s1. The summed E-state index contributed by atoms with van der Waals surface area (Å²) in [6.07, 6.45) is 1.66. The van der Waals surface area contributed by atoms with E-state index in [9.17, 15) is 4.79 Å². The predicted octanol–water partition coefficient (Wildman–Crippen LogP) is 3.57. The highest BCUT2D eigenvalue weighted by Crippen LogP contribution is 2.30. The lowest BCUT2D eigenvalue weighted by Crippen LogP contribution is -2.26. The van der Waals surface area contributed by atoms with Gasteiger partial charge in [-0.05, 0) is 39.0 Å². The summed E-state index contributed by atoms with van der Waals surface area (Å²) in [4.78, 5) is 18.5. The number of halogens is 1. The third-order valence-corrected chi connectivity index (χ3v) is 4.66. The molecule has 0 N–H and O–H groups in total. The zero-order valence-electron chi connectivity index (χ0n) is 13.2. The van der Waals surface area contributed by atoms with Gasteiger partial charge in [0, 0.05) is 12.1 Å². The molecule has 120 valence electrons. The Morgan fingerprint density at radius 1 is 1.35 bits per heavy atom. The van der Waals surface area contributed by atoms with E-state index in [1.165, 1.54) is 16.2 Å². The number of aromatic nitrogens is 4. The van der Waals surface area contributed by atoms with Crippen molar-refractivity contribution in [3.63, 3.8) is 0 Å². The molecular weight excluding hydrogens is 334 g/mol. The molecule has 0 unspecified atom stereocenters. The molecule has 3 rings (SSSR count). The number of thiazole rings is 1. The number of carbonyl (C=O) groups excluding carboxylic acids is 1. The Hall–Kier alpha value is -1.99. The second-order valence-electron chi connectivity index (χ2n) is 6.19. The van der Waals surface area contributed by atoms with E-state index in [0.717, 1.165) is 10.2 Å². The van der Waals surface area contributed by atoms with Crippen molar-refractivity contribution in [3.8, 4) is 0 Å². The van der Waals surface area contributed by atoms with Gasteiger partial charge in [-0.15, -0.1) is 5.10 Å². The van der Waals surface area contributed by atoms with Crippen LogP contribution in [0.3, 0.4) is 0 Å². The van der Waals surface area contributed by atoms with E-state index in [4.69, 9.17) is 11.6 Å². The summed E-state index contributed by atoms with van der Waals surface area (Å²) < 4.78 is 2.61.